The summed E-state index contributed by atoms with van der Waals surface area (Å²) in [5.41, 5.74) is 4.69. The van der Waals surface area contributed by atoms with E-state index in [0.29, 0.717) is 0 Å². The average Bonchev–Trinajstić information content (AvgIpc) is 3.40. The van der Waals surface area contributed by atoms with Crippen molar-refractivity contribution in [1.82, 2.24) is 0 Å². The van der Waals surface area contributed by atoms with Crippen LogP contribution in [0.3, 0.4) is 0 Å². The van der Waals surface area contributed by atoms with Gasteiger partial charge in [0.1, 0.15) is 11.5 Å². The monoisotopic (exact) mass is 542 g/mol. The van der Waals surface area contributed by atoms with Crippen LogP contribution in [-0.2, 0) is 5.41 Å². The van der Waals surface area contributed by atoms with E-state index < -0.39 is 0 Å². The Bertz CT molecular complexity index is 2340. The molecule has 0 radical (unpaired) electrons. The number of fused-ring (bicyclic) bond motifs is 12. The summed E-state index contributed by atoms with van der Waals surface area (Å²) in [4.78, 5) is 0. The van der Waals surface area contributed by atoms with Gasteiger partial charge in [-0.1, -0.05) is 117 Å². The van der Waals surface area contributed by atoms with E-state index in [-0.39, 0.29) is 5.41 Å². The predicted molar refractivity (Wildman–Crippen MR) is 176 cm³/mol. The van der Waals surface area contributed by atoms with Gasteiger partial charge in [0.05, 0.1) is 4.70 Å². The van der Waals surface area contributed by atoms with Crippen molar-refractivity contribution >= 4 is 63.8 Å². The van der Waals surface area contributed by atoms with Crippen molar-refractivity contribution in [3.05, 3.63) is 132 Å². The third kappa shape index (κ3) is 3.17. The number of benzene rings is 7. The van der Waals surface area contributed by atoms with Gasteiger partial charge in [-0.15, -0.1) is 11.3 Å². The molecule has 41 heavy (non-hydrogen) atoms. The van der Waals surface area contributed by atoms with Crippen LogP contribution < -0.4 is 4.74 Å². The first kappa shape index (κ1) is 23.1. The summed E-state index contributed by atoms with van der Waals surface area (Å²) in [5.74, 6) is 1.96. The van der Waals surface area contributed by atoms with Crippen molar-refractivity contribution in [3.8, 4) is 22.6 Å². The van der Waals surface area contributed by atoms with Gasteiger partial charge in [0, 0.05) is 32.0 Å². The Kier molecular flexibility index (Phi) is 4.61. The Balaban J connectivity index is 1.24. The van der Waals surface area contributed by atoms with Gasteiger partial charge in [0.15, 0.2) is 0 Å². The van der Waals surface area contributed by atoms with Gasteiger partial charge in [-0.2, -0.15) is 0 Å². The van der Waals surface area contributed by atoms with Crippen LogP contribution in [0.5, 0.6) is 11.5 Å². The summed E-state index contributed by atoms with van der Waals surface area (Å²) in [6.07, 6.45) is 0. The molecule has 0 bridgehead atoms. The fourth-order valence-corrected chi connectivity index (χ4v) is 8.19. The van der Waals surface area contributed by atoms with Crippen molar-refractivity contribution in [2.45, 2.75) is 19.3 Å². The quantitative estimate of drug-likeness (QED) is 0.187. The van der Waals surface area contributed by atoms with E-state index in [0.717, 1.165) is 11.5 Å². The highest BCUT2D eigenvalue weighted by Crippen LogP contribution is 2.53. The van der Waals surface area contributed by atoms with Gasteiger partial charge in [-0.25, -0.2) is 0 Å². The molecule has 1 aromatic heterocycles. The topological polar surface area (TPSA) is 9.23 Å². The Morgan fingerprint density at radius 1 is 0.488 bits per heavy atom. The summed E-state index contributed by atoms with van der Waals surface area (Å²) in [5, 5.41) is 10.3. The van der Waals surface area contributed by atoms with Crippen LogP contribution in [0.4, 0.5) is 0 Å². The summed E-state index contributed by atoms with van der Waals surface area (Å²) < 4.78 is 9.38. The highest BCUT2D eigenvalue weighted by Gasteiger charge is 2.36. The van der Waals surface area contributed by atoms with E-state index in [4.69, 9.17) is 4.74 Å². The van der Waals surface area contributed by atoms with Crippen molar-refractivity contribution in [1.29, 1.82) is 0 Å². The lowest BCUT2D eigenvalue weighted by Gasteiger charge is -2.35. The minimum Gasteiger partial charge on any atom is -0.455 e. The first-order valence-corrected chi connectivity index (χ1v) is 15.0. The molecular weight excluding hydrogens is 516 g/mol. The number of hydrogen-bond donors (Lipinski definition) is 0. The molecule has 2 heterocycles. The van der Waals surface area contributed by atoms with Crippen molar-refractivity contribution in [2.75, 3.05) is 0 Å². The normalized spacial score (nSPS) is 14.0. The fraction of sp³-hybridized carbons (Fsp3) is 0.0769. The van der Waals surface area contributed by atoms with Crippen molar-refractivity contribution in [2.24, 2.45) is 0 Å². The highest BCUT2D eigenvalue weighted by molar-refractivity contribution is 7.26. The van der Waals surface area contributed by atoms with Crippen LogP contribution >= 0.6 is 11.3 Å². The van der Waals surface area contributed by atoms with Gasteiger partial charge in [-0.05, 0) is 61.6 Å². The second kappa shape index (κ2) is 8.19. The number of ether oxygens (including phenoxy) is 1. The SMILES string of the molecule is CC1(C)c2ccc(-c3ccc4c5ccccc5c5ccccc5c4c3)cc2Oc2c1ccc1c2sc2ccccc21. The summed E-state index contributed by atoms with van der Waals surface area (Å²) in [6, 6.07) is 44.4. The Hall–Kier alpha value is -4.66. The number of thiophene rings is 1. The maximum atomic E-state index is 6.84. The number of rotatable bonds is 1. The first-order valence-electron chi connectivity index (χ1n) is 14.2. The lowest BCUT2D eigenvalue weighted by molar-refractivity contribution is 0.424. The molecular formula is C39H26OS. The highest BCUT2D eigenvalue weighted by atomic mass is 32.1. The van der Waals surface area contributed by atoms with E-state index >= 15 is 0 Å². The molecule has 0 saturated heterocycles. The maximum Gasteiger partial charge on any atom is 0.149 e. The standard InChI is InChI=1S/C39H26OS/c1-39(2)33-19-16-24(22-35(33)40-37-34(39)20-18-31-30-13-7-8-14-36(30)41-38(31)37)23-15-17-29-27-11-4-3-9-25(27)26-10-5-6-12-28(26)32(29)21-23/h3-22H,1-2H3. The Morgan fingerprint density at radius 2 is 1.02 bits per heavy atom. The van der Waals surface area contributed by atoms with Crippen LogP contribution in [0.1, 0.15) is 25.0 Å². The Labute approximate surface area is 242 Å². The van der Waals surface area contributed by atoms with E-state index in [1.807, 2.05) is 11.3 Å². The summed E-state index contributed by atoms with van der Waals surface area (Å²) in [7, 11) is 0. The lowest BCUT2D eigenvalue weighted by atomic mass is 9.75. The molecule has 1 aliphatic rings. The minimum atomic E-state index is -0.162. The third-order valence-corrected chi connectivity index (χ3v) is 10.3. The Morgan fingerprint density at radius 3 is 1.76 bits per heavy atom. The smallest absolute Gasteiger partial charge is 0.149 e. The van der Waals surface area contributed by atoms with E-state index in [2.05, 4.69) is 135 Å². The zero-order chi connectivity index (χ0) is 27.3. The predicted octanol–water partition coefficient (Wildman–Crippen LogP) is 11.6. The molecule has 7 aromatic carbocycles. The van der Waals surface area contributed by atoms with Crippen LogP contribution in [0.2, 0.25) is 0 Å². The minimum absolute atomic E-state index is 0.162. The molecule has 0 unspecified atom stereocenters. The van der Waals surface area contributed by atoms with Crippen LogP contribution in [0.15, 0.2) is 121 Å². The average molecular weight is 543 g/mol. The zero-order valence-electron chi connectivity index (χ0n) is 22.9. The van der Waals surface area contributed by atoms with Crippen LogP contribution in [-0.4, -0.2) is 0 Å². The van der Waals surface area contributed by atoms with E-state index in [1.165, 1.54) is 74.7 Å². The third-order valence-electron chi connectivity index (χ3n) is 9.12. The van der Waals surface area contributed by atoms with E-state index in [1.54, 1.807) is 0 Å². The second-order valence-corrected chi connectivity index (χ2v) is 12.8. The zero-order valence-corrected chi connectivity index (χ0v) is 23.7. The molecule has 1 nitrogen and oxygen atoms in total. The van der Waals surface area contributed by atoms with Gasteiger partial charge >= 0.3 is 0 Å². The first-order chi connectivity index (χ1) is 20.1. The summed E-state index contributed by atoms with van der Waals surface area (Å²) >= 11 is 1.83. The molecule has 0 aliphatic carbocycles. The van der Waals surface area contributed by atoms with Gasteiger partial charge in [0.25, 0.3) is 0 Å². The maximum absolute atomic E-state index is 6.84. The second-order valence-electron chi connectivity index (χ2n) is 11.7. The molecule has 0 N–H and O–H groups in total. The molecule has 8 aromatic rings. The molecule has 0 atom stereocenters. The molecule has 0 saturated carbocycles. The van der Waals surface area contributed by atoms with Crippen molar-refractivity contribution in [3.63, 3.8) is 0 Å². The molecule has 0 fully saturated rings. The molecule has 194 valence electrons. The van der Waals surface area contributed by atoms with Crippen LogP contribution in [0, 0.1) is 0 Å². The van der Waals surface area contributed by atoms with Gasteiger partial charge in [0.2, 0.25) is 0 Å². The van der Waals surface area contributed by atoms with Crippen LogP contribution in [0.25, 0.3) is 63.6 Å². The lowest BCUT2D eigenvalue weighted by Crippen LogP contribution is -2.24. The molecule has 0 spiro atoms. The fourth-order valence-electron chi connectivity index (χ4n) is 7.00. The molecule has 2 heteroatoms. The van der Waals surface area contributed by atoms with Gasteiger partial charge < -0.3 is 4.74 Å². The van der Waals surface area contributed by atoms with Crippen molar-refractivity contribution < 1.29 is 4.74 Å². The van der Waals surface area contributed by atoms with Gasteiger partial charge in [-0.3, -0.25) is 0 Å². The molecule has 1 aliphatic heterocycles. The molecule has 9 rings (SSSR count). The molecule has 0 amide bonds. The largest absolute Gasteiger partial charge is 0.455 e. The number of hydrogen-bond acceptors (Lipinski definition) is 2. The van der Waals surface area contributed by atoms with E-state index in [9.17, 15) is 0 Å². The summed E-state index contributed by atoms with van der Waals surface area (Å²) in [6.45, 7) is 4.64.